The molecule has 0 aliphatic rings. The van der Waals surface area contributed by atoms with Crippen LogP contribution in [0.5, 0.6) is 5.75 Å². The summed E-state index contributed by atoms with van der Waals surface area (Å²) in [7, 11) is 7.54. The molecule has 0 fully saturated rings. The van der Waals surface area contributed by atoms with Crippen molar-refractivity contribution in [3.8, 4) is 5.75 Å². The minimum Gasteiger partial charge on any atom is -0.497 e. The molecule has 130 valence electrons. The van der Waals surface area contributed by atoms with Gasteiger partial charge in [0.15, 0.2) is 5.82 Å². The number of pyridine rings is 1. The van der Waals surface area contributed by atoms with E-state index in [1.165, 1.54) is 10.8 Å². The van der Waals surface area contributed by atoms with Gasteiger partial charge >= 0.3 is 0 Å². The predicted molar refractivity (Wildman–Crippen MR) is 103 cm³/mol. The zero-order chi connectivity index (χ0) is 18.7. The Kier molecular flexibility index (Phi) is 5.28. The first-order valence-corrected chi connectivity index (χ1v) is 8.23. The average Bonchev–Trinajstić information content (AvgIpc) is 2.62. The Hall–Kier alpha value is -2.80. The summed E-state index contributed by atoms with van der Waals surface area (Å²) in [6.45, 7) is 2.23. The third-order valence-electron chi connectivity index (χ3n) is 3.75. The lowest BCUT2D eigenvalue weighted by molar-refractivity contribution is 0.414. The van der Waals surface area contributed by atoms with Gasteiger partial charge in [-0.05, 0) is 30.2 Å². The van der Waals surface area contributed by atoms with Gasteiger partial charge in [-0.25, -0.2) is 9.97 Å². The molecule has 2 heterocycles. The highest BCUT2D eigenvalue weighted by Gasteiger charge is 2.11. The van der Waals surface area contributed by atoms with Crippen molar-refractivity contribution >= 4 is 36.5 Å². The van der Waals surface area contributed by atoms with Gasteiger partial charge in [0.05, 0.1) is 13.7 Å². The van der Waals surface area contributed by atoms with Crippen LogP contribution in [-0.4, -0.2) is 29.5 Å². The van der Waals surface area contributed by atoms with E-state index in [9.17, 15) is 4.79 Å². The molecule has 1 N–H and O–H groups in total. The standard InChI is InChI=1S/C18H16BClN4O2/c1-11-7-14(19)16(21-8-11)23-17-18(25)24(10-15(20)22-17)9-12-3-5-13(26-2)6-4-12/h3-8,10H,9H2,1-2H3,(H,21,22,23). The number of hydrogen-bond donors (Lipinski definition) is 1. The molecule has 0 unspecified atom stereocenters. The molecule has 26 heavy (non-hydrogen) atoms. The van der Waals surface area contributed by atoms with Crippen molar-refractivity contribution in [3.05, 3.63) is 69.4 Å². The summed E-state index contributed by atoms with van der Waals surface area (Å²) in [5.74, 6) is 1.17. The molecule has 0 spiro atoms. The number of halogens is 1. The summed E-state index contributed by atoms with van der Waals surface area (Å²) in [4.78, 5) is 21.0. The fourth-order valence-corrected chi connectivity index (χ4v) is 2.64. The van der Waals surface area contributed by atoms with Gasteiger partial charge in [-0.2, -0.15) is 0 Å². The fraction of sp³-hybridized carbons (Fsp3) is 0.167. The van der Waals surface area contributed by atoms with Crippen molar-refractivity contribution in [2.24, 2.45) is 0 Å². The maximum atomic E-state index is 12.7. The summed E-state index contributed by atoms with van der Waals surface area (Å²) in [5, 5.41) is 3.05. The van der Waals surface area contributed by atoms with Gasteiger partial charge < -0.3 is 14.6 Å². The van der Waals surface area contributed by atoms with Gasteiger partial charge in [0.1, 0.15) is 24.6 Å². The van der Waals surface area contributed by atoms with Crippen LogP contribution in [0.1, 0.15) is 11.1 Å². The van der Waals surface area contributed by atoms with Crippen LogP contribution < -0.4 is 21.1 Å². The van der Waals surface area contributed by atoms with Crippen LogP contribution in [0.4, 0.5) is 11.6 Å². The predicted octanol–water partition coefficient (Wildman–Crippen LogP) is 2.19. The number of benzene rings is 1. The molecule has 3 rings (SSSR count). The van der Waals surface area contributed by atoms with E-state index in [-0.39, 0.29) is 16.5 Å². The molecule has 0 saturated carbocycles. The maximum Gasteiger partial charge on any atom is 0.294 e. The molecule has 0 atom stereocenters. The Morgan fingerprint density at radius 1 is 1.27 bits per heavy atom. The molecule has 0 bridgehead atoms. The highest BCUT2D eigenvalue weighted by molar-refractivity contribution is 6.35. The van der Waals surface area contributed by atoms with Crippen LogP contribution in [0.15, 0.2) is 47.5 Å². The quantitative estimate of drug-likeness (QED) is 0.701. The highest BCUT2D eigenvalue weighted by atomic mass is 35.5. The first kappa shape index (κ1) is 18.0. The third-order valence-corrected chi connectivity index (χ3v) is 3.93. The number of rotatable bonds is 5. The van der Waals surface area contributed by atoms with Gasteiger partial charge in [0, 0.05) is 12.4 Å². The molecular formula is C18H16BClN4O2. The monoisotopic (exact) mass is 366 g/mol. The summed E-state index contributed by atoms with van der Waals surface area (Å²) in [5.41, 5.74) is 1.94. The van der Waals surface area contributed by atoms with Crippen LogP contribution >= 0.6 is 11.6 Å². The van der Waals surface area contributed by atoms with Crippen molar-refractivity contribution in [1.29, 1.82) is 0 Å². The Morgan fingerprint density at radius 2 is 2.00 bits per heavy atom. The van der Waals surface area contributed by atoms with E-state index in [4.69, 9.17) is 24.2 Å². The van der Waals surface area contributed by atoms with E-state index in [1.807, 2.05) is 31.2 Å². The van der Waals surface area contributed by atoms with Crippen molar-refractivity contribution < 1.29 is 4.74 Å². The zero-order valence-corrected chi connectivity index (χ0v) is 15.1. The second-order valence-electron chi connectivity index (χ2n) is 5.77. The number of nitrogens with zero attached hydrogens (tertiary/aromatic N) is 3. The second-order valence-corrected chi connectivity index (χ2v) is 6.16. The summed E-state index contributed by atoms with van der Waals surface area (Å²) in [6, 6.07) is 9.19. The number of aromatic nitrogens is 3. The lowest BCUT2D eigenvalue weighted by atomic mass is 9.96. The lowest BCUT2D eigenvalue weighted by Gasteiger charge is -2.12. The van der Waals surface area contributed by atoms with E-state index < -0.39 is 0 Å². The van der Waals surface area contributed by atoms with E-state index in [0.717, 1.165) is 16.9 Å². The SMILES string of the molecule is [B]c1cc(C)cnc1Nc1nc(Cl)cn(Cc2ccc(OC)cc2)c1=O. The Balaban J connectivity index is 1.91. The zero-order valence-electron chi connectivity index (χ0n) is 14.4. The summed E-state index contributed by atoms with van der Waals surface area (Å²) >= 11 is 6.08. The molecule has 2 aromatic heterocycles. The van der Waals surface area contributed by atoms with E-state index >= 15 is 0 Å². The number of nitrogens with one attached hydrogen (secondary N) is 1. The minimum absolute atomic E-state index is 0.0639. The van der Waals surface area contributed by atoms with Crippen LogP contribution in [-0.2, 0) is 6.54 Å². The molecule has 3 aromatic rings. The molecule has 6 nitrogen and oxygen atoms in total. The molecular weight excluding hydrogens is 350 g/mol. The van der Waals surface area contributed by atoms with Gasteiger partial charge in [-0.15, -0.1) is 0 Å². The molecule has 1 aromatic carbocycles. The molecule has 2 radical (unpaired) electrons. The highest BCUT2D eigenvalue weighted by Crippen LogP contribution is 2.14. The number of methoxy groups -OCH3 is 1. The topological polar surface area (TPSA) is 69.0 Å². The minimum atomic E-state index is -0.327. The van der Waals surface area contributed by atoms with Crippen LogP contribution in [0.3, 0.4) is 0 Å². The van der Waals surface area contributed by atoms with Crippen LogP contribution in [0.2, 0.25) is 5.15 Å². The first-order chi connectivity index (χ1) is 12.5. The Bertz CT molecular complexity index is 989. The summed E-state index contributed by atoms with van der Waals surface area (Å²) < 4.78 is 6.61. The van der Waals surface area contributed by atoms with Gasteiger partial charge in [-0.3, -0.25) is 4.79 Å². The molecule has 0 amide bonds. The number of anilines is 2. The third kappa shape index (κ3) is 4.05. The molecule has 0 saturated heterocycles. The normalized spacial score (nSPS) is 10.6. The largest absolute Gasteiger partial charge is 0.497 e. The number of ether oxygens (including phenoxy) is 1. The molecule has 0 aliphatic heterocycles. The van der Waals surface area contributed by atoms with Crippen molar-refractivity contribution in [2.75, 3.05) is 12.4 Å². The van der Waals surface area contributed by atoms with Gasteiger partial charge in [0.2, 0.25) is 0 Å². The van der Waals surface area contributed by atoms with E-state index in [1.54, 1.807) is 19.4 Å². The second kappa shape index (κ2) is 7.62. The summed E-state index contributed by atoms with van der Waals surface area (Å²) in [6.07, 6.45) is 3.14. The van der Waals surface area contributed by atoms with Crippen molar-refractivity contribution in [3.63, 3.8) is 0 Å². The van der Waals surface area contributed by atoms with E-state index in [0.29, 0.717) is 17.8 Å². The van der Waals surface area contributed by atoms with Crippen LogP contribution in [0.25, 0.3) is 0 Å². The molecule has 0 aliphatic carbocycles. The molecule has 8 heteroatoms. The number of aryl methyl sites for hydroxylation is 1. The Labute approximate surface area is 157 Å². The first-order valence-electron chi connectivity index (χ1n) is 7.85. The van der Waals surface area contributed by atoms with Crippen molar-refractivity contribution in [1.82, 2.24) is 14.5 Å². The fourth-order valence-electron chi connectivity index (χ4n) is 2.44. The maximum absolute atomic E-state index is 12.7. The lowest BCUT2D eigenvalue weighted by Crippen LogP contribution is -2.25. The Morgan fingerprint density at radius 3 is 2.65 bits per heavy atom. The van der Waals surface area contributed by atoms with Crippen molar-refractivity contribution in [2.45, 2.75) is 13.5 Å². The van der Waals surface area contributed by atoms with Gasteiger partial charge in [0.25, 0.3) is 5.56 Å². The average molecular weight is 367 g/mol. The van der Waals surface area contributed by atoms with E-state index in [2.05, 4.69) is 15.3 Å². The number of hydrogen-bond acceptors (Lipinski definition) is 5. The smallest absolute Gasteiger partial charge is 0.294 e. The van der Waals surface area contributed by atoms with Crippen LogP contribution in [0, 0.1) is 6.92 Å². The van der Waals surface area contributed by atoms with Gasteiger partial charge in [-0.1, -0.05) is 35.3 Å².